The number of benzene rings is 2. The Morgan fingerprint density at radius 2 is 1.86 bits per heavy atom. The number of amides is 2. The highest BCUT2D eigenvalue weighted by Gasteiger charge is 2.32. The van der Waals surface area contributed by atoms with Gasteiger partial charge in [0.25, 0.3) is 5.91 Å². The molecule has 2 N–H and O–H groups in total. The molecule has 6 nitrogen and oxygen atoms in total. The highest BCUT2D eigenvalue weighted by Crippen LogP contribution is 2.19. The Balaban J connectivity index is 1.65. The molecule has 0 aromatic heterocycles. The van der Waals surface area contributed by atoms with Crippen molar-refractivity contribution in [3.05, 3.63) is 71.3 Å². The first-order valence-corrected chi connectivity index (χ1v) is 9.49. The van der Waals surface area contributed by atoms with Crippen LogP contribution in [0, 0.1) is 6.92 Å². The molecule has 0 bridgehead atoms. The minimum atomic E-state index is -0.734. The van der Waals surface area contributed by atoms with Gasteiger partial charge in [-0.2, -0.15) is 0 Å². The van der Waals surface area contributed by atoms with Crippen LogP contribution >= 0.6 is 0 Å². The number of aryl methyl sites for hydroxylation is 1. The summed E-state index contributed by atoms with van der Waals surface area (Å²) in [6.07, 6.45) is 0.0585. The number of nitrogens with zero attached hydrogens (tertiary/aromatic N) is 1. The number of oxime groups is 1. The van der Waals surface area contributed by atoms with Crippen molar-refractivity contribution < 1.29 is 14.4 Å². The van der Waals surface area contributed by atoms with Gasteiger partial charge in [0.1, 0.15) is 6.04 Å². The summed E-state index contributed by atoms with van der Waals surface area (Å²) in [4.78, 5) is 30.5. The predicted molar refractivity (Wildman–Crippen MR) is 108 cm³/mol. The molecule has 0 spiro atoms. The molecule has 0 radical (unpaired) electrons. The van der Waals surface area contributed by atoms with Gasteiger partial charge in [-0.1, -0.05) is 59.8 Å². The van der Waals surface area contributed by atoms with E-state index >= 15 is 0 Å². The molecule has 146 valence electrons. The summed E-state index contributed by atoms with van der Waals surface area (Å²) in [6, 6.07) is 16.8. The van der Waals surface area contributed by atoms with Crippen LogP contribution < -0.4 is 10.6 Å². The average molecular weight is 379 g/mol. The largest absolute Gasteiger partial charge is 0.382 e. The second-order valence-corrected chi connectivity index (χ2v) is 6.80. The summed E-state index contributed by atoms with van der Waals surface area (Å²) in [5.74, 6) is -0.544. The van der Waals surface area contributed by atoms with E-state index in [2.05, 4.69) is 15.8 Å². The van der Waals surface area contributed by atoms with E-state index in [1.165, 1.54) is 0 Å². The number of hydrogen-bond acceptors (Lipinski definition) is 4. The van der Waals surface area contributed by atoms with E-state index in [1.807, 2.05) is 68.4 Å². The minimum absolute atomic E-state index is 0.210. The lowest BCUT2D eigenvalue weighted by Gasteiger charge is -2.19. The fourth-order valence-electron chi connectivity index (χ4n) is 3.19. The van der Waals surface area contributed by atoms with Gasteiger partial charge in [-0.05, 0) is 25.0 Å². The summed E-state index contributed by atoms with van der Waals surface area (Å²) in [5.41, 5.74) is 3.77. The van der Waals surface area contributed by atoms with Crippen LogP contribution in [0.5, 0.6) is 0 Å². The first-order chi connectivity index (χ1) is 13.6. The highest BCUT2D eigenvalue weighted by molar-refractivity contribution is 6.05. The van der Waals surface area contributed by atoms with Gasteiger partial charge in [0, 0.05) is 24.9 Å². The summed E-state index contributed by atoms with van der Waals surface area (Å²) < 4.78 is 0. The normalized spacial score (nSPS) is 16.6. The number of hydrogen-bond donors (Lipinski definition) is 2. The molecule has 2 atom stereocenters. The van der Waals surface area contributed by atoms with Crippen molar-refractivity contribution in [1.82, 2.24) is 10.6 Å². The first kappa shape index (κ1) is 19.6. The van der Waals surface area contributed by atoms with E-state index in [0.29, 0.717) is 19.4 Å². The lowest BCUT2D eigenvalue weighted by Crippen LogP contribution is -2.50. The summed E-state index contributed by atoms with van der Waals surface area (Å²) in [7, 11) is 0. The van der Waals surface area contributed by atoms with Crippen LogP contribution in [0.3, 0.4) is 0 Å². The molecule has 1 aliphatic rings. The second kappa shape index (κ2) is 9.17. The van der Waals surface area contributed by atoms with E-state index in [4.69, 9.17) is 4.84 Å². The molecule has 1 heterocycles. The van der Waals surface area contributed by atoms with Crippen LogP contribution in [0.15, 0.2) is 59.8 Å². The van der Waals surface area contributed by atoms with Gasteiger partial charge in [-0.15, -0.1) is 0 Å². The topological polar surface area (TPSA) is 79.8 Å². The number of rotatable bonds is 7. The third-order valence-electron chi connectivity index (χ3n) is 4.68. The van der Waals surface area contributed by atoms with E-state index in [9.17, 15) is 9.59 Å². The molecule has 2 aromatic rings. The van der Waals surface area contributed by atoms with Crippen molar-refractivity contribution in [3.63, 3.8) is 0 Å². The summed E-state index contributed by atoms with van der Waals surface area (Å²) in [6.45, 7) is 4.35. The molecule has 0 fully saturated rings. The smallest absolute Gasteiger partial charge is 0.265 e. The summed E-state index contributed by atoms with van der Waals surface area (Å²) >= 11 is 0. The van der Waals surface area contributed by atoms with Crippen molar-refractivity contribution in [3.8, 4) is 0 Å². The van der Waals surface area contributed by atoms with Gasteiger partial charge < -0.3 is 15.5 Å². The molecule has 0 aliphatic carbocycles. The molecular weight excluding hydrogens is 354 g/mol. The average Bonchev–Trinajstić information content (AvgIpc) is 3.19. The SMILES string of the molecule is CCNC(=O)[C@@H](Cc1ccccc1)NC(=O)[C@@H]1CC(c2ccccc2C)=NO1. The quantitative estimate of drug-likeness (QED) is 0.775. The van der Waals surface area contributed by atoms with Crippen LogP contribution in [0.4, 0.5) is 0 Å². The molecule has 1 aliphatic heterocycles. The monoisotopic (exact) mass is 379 g/mol. The minimum Gasteiger partial charge on any atom is -0.382 e. The Morgan fingerprint density at radius 1 is 1.14 bits per heavy atom. The molecule has 0 saturated carbocycles. The molecule has 2 aromatic carbocycles. The standard InChI is InChI=1S/C22H25N3O3/c1-3-23-21(26)19(13-16-10-5-4-6-11-16)24-22(27)20-14-18(25-28-20)17-12-8-7-9-15(17)2/h4-12,19-20H,3,13-14H2,1-2H3,(H,23,26)(H,24,27)/t19-,20+/m1/s1. The zero-order chi connectivity index (χ0) is 19.9. The Morgan fingerprint density at radius 3 is 2.57 bits per heavy atom. The number of nitrogens with one attached hydrogen (secondary N) is 2. The molecule has 3 rings (SSSR count). The van der Waals surface area contributed by atoms with Crippen LogP contribution in [0.1, 0.15) is 30.0 Å². The van der Waals surface area contributed by atoms with E-state index < -0.39 is 12.1 Å². The van der Waals surface area contributed by atoms with Crippen LogP contribution in [-0.4, -0.2) is 36.2 Å². The van der Waals surface area contributed by atoms with Gasteiger partial charge in [-0.25, -0.2) is 0 Å². The molecule has 28 heavy (non-hydrogen) atoms. The van der Waals surface area contributed by atoms with E-state index in [-0.39, 0.29) is 11.8 Å². The molecule has 2 amide bonds. The fraction of sp³-hybridized carbons (Fsp3) is 0.318. The highest BCUT2D eigenvalue weighted by atomic mass is 16.6. The Hall–Kier alpha value is -3.15. The van der Waals surface area contributed by atoms with E-state index in [1.54, 1.807) is 0 Å². The molecule has 0 unspecified atom stereocenters. The number of likely N-dealkylation sites (N-methyl/N-ethyl adjacent to an activating group) is 1. The zero-order valence-corrected chi connectivity index (χ0v) is 16.1. The van der Waals surface area contributed by atoms with Gasteiger partial charge in [-0.3, -0.25) is 9.59 Å². The predicted octanol–water partition coefficient (Wildman–Crippen LogP) is 2.35. The van der Waals surface area contributed by atoms with Gasteiger partial charge in [0.2, 0.25) is 12.0 Å². The van der Waals surface area contributed by atoms with E-state index in [0.717, 1.165) is 22.4 Å². The van der Waals surface area contributed by atoms with Gasteiger partial charge in [0.15, 0.2) is 0 Å². The van der Waals surface area contributed by atoms with Crippen LogP contribution in [0.25, 0.3) is 0 Å². The number of carbonyl (C=O) groups excluding carboxylic acids is 2. The maximum Gasteiger partial charge on any atom is 0.265 e. The maximum atomic E-state index is 12.7. The Kier molecular flexibility index (Phi) is 6.42. The van der Waals surface area contributed by atoms with Crippen molar-refractivity contribution in [2.75, 3.05) is 6.54 Å². The summed E-state index contributed by atoms with van der Waals surface area (Å²) in [5, 5.41) is 9.71. The van der Waals surface area contributed by atoms with Crippen LogP contribution in [0.2, 0.25) is 0 Å². The molecule has 0 saturated heterocycles. The lowest BCUT2D eigenvalue weighted by atomic mass is 9.99. The van der Waals surface area contributed by atoms with Gasteiger partial charge >= 0.3 is 0 Å². The van der Waals surface area contributed by atoms with Gasteiger partial charge in [0.05, 0.1) is 5.71 Å². The number of carbonyl (C=O) groups is 2. The van der Waals surface area contributed by atoms with Crippen molar-refractivity contribution in [2.24, 2.45) is 5.16 Å². The van der Waals surface area contributed by atoms with Crippen LogP contribution in [-0.2, 0) is 20.8 Å². The van der Waals surface area contributed by atoms with Crippen molar-refractivity contribution >= 4 is 17.5 Å². The first-order valence-electron chi connectivity index (χ1n) is 9.49. The van der Waals surface area contributed by atoms with Crippen molar-refractivity contribution in [2.45, 2.75) is 38.8 Å². The zero-order valence-electron chi connectivity index (χ0n) is 16.1. The third-order valence-corrected chi connectivity index (χ3v) is 4.68. The molecular formula is C22H25N3O3. The Labute approximate surface area is 165 Å². The maximum absolute atomic E-state index is 12.7. The lowest BCUT2D eigenvalue weighted by molar-refractivity contribution is -0.135. The Bertz CT molecular complexity index is 864. The fourth-order valence-corrected chi connectivity index (χ4v) is 3.19. The second-order valence-electron chi connectivity index (χ2n) is 6.80. The molecule has 6 heteroatoms. The third kappa shape index (κ3) is 4.76. The van der Waals surface area contributed by atoms with Crippen molar-refractivity contribution in [1.29, 1.82) is 0 Å².